The van der Waals surface area contributed by atoms with Gasteiger partial charge < -0.3 is 9.47 Å². The molecule has 3 aromatic carbocycles. The van der Waals surface area contributed by atoms with Crippen LogP contribution in [0.4, 0.5) is 0 Å². The van der Waals surface area contributed by atoms with E-state index in [0.29, 0.717) is 32.7 Å². The Morgan fingerprint density at radius 1 is 0.857 bits per heavy atom. The number of esters is 1. The molecule has 6 heteroatoms. The van der Waals surface area contributed by atoms with E-state index >= 15 is 0 Å². The third-order valence-electron chi connectivity index (χ3n) is 3.90. The third-order valence-corrected chi connectivity index (χ3v) is 4.43. The van der Waals surface area contributed by atoms with Crippen LogP contribution >= 0.6 is 23.2 Å². The lowest BCUT2D eigenvalue weighted by Crippen LogP contribution is -2.28. The van der Waals surface area contributed by atoms with E-state index in [9.17, 15) is 9.59 Å². The molecule has 28 heavy (non-hydrogen) atoms. The minimum Gasteiger partial charge on any atom is -0.477 e. The lowest BCUT2D eigenvalue weighted by molar-refractivity contribution is -0.141. The summed E-state index contributed by atoms with van der Waals surface area (Å²) in [5, 5.41) is 0.772. The van der Waals surface area contributed by atoms with Gasteiger partial charge in [-0.2, -0.15) is 0 Å². The van der Waals surface area contributed by atoms with Crippen LogP contribution in [0.1, 0.15) is 22.8 Å². The molecule has 3 aromatic rings. The van der Waals surface area contributed by atoms with Gasteiger partial charge in [-0.25, -0.2) is 4.79 Å². The zero-order chi connectivity index (χ0) is 20.1. The first-order valence-electron chi connectivity index (χ1n) is 8.47. The molecule has 4 nitrogen and oxygen atoms in total. The largest absolute Gasteiger partial charge is 0.477 e. The van der Waals surface area contributed by atoms with Crippen molar-refractivity contribution in [2.24, 2.45) is 0 Å². The summed E-state index contributed by atoms with van der Waals surface area (Å²) >= 11 is 11.9. The molecule has 0 saturated heterocycles. The summed E-state index contributed by atoms with van der Waals surface area (Å²) in [5.74, 6) is -0.0488. The smallest absolute Gasteiger partial charge is 0.352 e. The Balaban J connectivity index is 1.63. The second-order valence-electron chi connectivity index (χ2n) is 5.98. The number of rotatable bonds is 6. The van der Waals surface area contributed by atoms with Gasteiger partial charge in [-0.3, -0.25) is 4.79 Å². The van der Waals surface area contributed by atoms with E-state index in [2.05, 4.69) is 0 Å². The molecule has 0 spiro atoms. The molecule has 0 aromatic heterocycles. The molecular weight excluding hydrogens is 399 g/mol. The molecule has 0 amide bonds. The van der Waals surface area contributed by atoms with Crippen LogP contribution < -0.4 is 9.47 Å². The molecule has 0 aliphatic carbocycles. The fourth-order valence-corrected chi connectivity index (χ4v) is 2.89. The Morgan fingerprint density at radius 2 is 1.50 bits per heavy atom. The van der Waals surface area contributed by atoms with E-state index in [-0.39, 0.29) is 5.78 Å². The highest BCUT2D eigenvalue weighted by atomic mass is 35.5. The number of carbonyl (C=O) groups excluding carboxylic acids is 2. The van der Waals surface area contributed by atoms with E-state index in [4.69, 9.17) is 32.7 Å². The fraction of sp³-hybridized carbons (Fsp3) is 0.0909. The van der Waals surface area contributed by atoms with Crippen LogP contribution in [-0.2, 0) is 4.79 Å². The average molecular weight is 415 g/mol. The predicted octanol–water partition coefficient (Wildman–Crippen LogP) is 5.60. The van der Waals surface area contributed by atoms with Gasteiger partial charge in [0.15, 0.2) is 11.9 Å². The minimum atomic E-state index is -0.885. The number of carbonyl (C=O) groups is 2. The Kier molecular flexibility index (Phi) is 6.34. The van der Waals surface area contributed by atoms with Gasteiger partial charge in [0, 0.05) is 16.1 Å². The molecule has 1 atom stereocenters. The highest BCUT2D eigenvalue weighted by Gasteiger charge is 2.19. The van der Waals surface area contributed by atoms with Crippen LogP contribution in [0.25, 0.3) is 0 Å². The molecule has 1 unspecified atom stereocenters. The number of ether oxygens (including phenoxy) is 2. The number of halogens is 2. The third kappa shape index (κ3) is 4.91. The maximum absolute atomic E-state index is 12.4. The summed E-state index contributed by atoms with van der Waals surface area (Å²) in [7, 11) is 0. The fourth-order valence-electron chi connectivity index (χ4n) is 2.44. The maximum atomic E-state index is 12.4. The molecule has 0 fully saturated rings. The number of hydrogen-bond donors (Lipinski definition) is 0. The zero-order valence-electron chi connectivity index (χ0n) is 14.9. The summed E-state index contributed by atoms with van der Waals surface area (Å²) in [5.41, 5.74) is 1.09. The van der Waals surface area contributed by atoms with Crippen LogP contribution in [0, 0.1) is 0 Å². The normalized spacial score (nSPS) is 11.5. The topological polar surface area (TPSA) is 52.6 Å². The summed E-state index contributed by atoms with van der Waals surface area (Å²) < 4.78 is 10.8. The average Bonchev–Trinajstić information content (AvgIpc) is 2.70. The predicted molar refractivity (Wildman–Crippen MR) is 109 cm³/mol. The van der Waals surface area contributed by atoms with Crippen molar-refractivity contribution < 1.29 is 19.1 Å². The Hall–Kier alpha value is -2.82. The van der Waals surface area contributed by atoms with Gasteiger partial charge in [-0.1, -0.05) is 53.5 Å². The Morgan fingerprint density at radius 3 is 2.14 bits per heavy atom. The van der Waals surface area contributed by atoms with Crippen LogP contribution in [0.3, 0.4) is 0 Å². The molecular formula is C22H16Cl2O4. The zero-order valence-corrected chi connectivity index (χ0v) is 16.4. The first kappa shape index (κ1) is 19.9. The van der Waals surface area contributed by atoms with Crippen molar-refractivity contribution in [1.82, 2.24) is 0 Å². The first-order chi connectivity index (χ1) is 13.4. The lowest BCUT2D eigenvalue weighted by Gasteiger charge is -2.15. The summed E-state index contributed by atoms with van der Waals surface area (Å²) in [6.45, 7) is 1.56. The van der Waals surface area contributed by atoms with Gasteiger partial charge in [0.25, 0.3) is 0 Å². The Bertz CT molecular complexity index is 985. The number of benzene rings is 3. The van der Waals surface area contributed by atoms with Crippen molar-refractivity contribution in [3.05, 3.63) is 94.0 Å². The van der Waals surface area contributed by atoms with Gasteiger partial charge in [0.05, 0.1) is 5.02 Å². The van der Waals surface area contributed by atoms with Crippen LogP contribution in [0.2, 0.25) is 10.0 Å². The highest BCUT2D eigenvalue weighted by molar-refractivity contribution is 6.35. The van der Waals surface area contributed by atoms with E-state index in [1.54, 1.807) is 67.6 Å². The minimum absolute atomic E-state index is 0.104. The summed E-state index contributed by atoms with van der Waals surface area (Å²) in [4.78, 5) is 24.6. The van der Waals surface area contributed by atoms with Crippen molar-refractivity contribution in [2.45, 2.75) is 13.0 Å². The standard InChI is InChI=1S/C22H16Cl2O4/c1-14(27-20-12-9-17(23)13-19(20)24)22(26)28-18-10-7-16(8-11-18)21(25)15-5-3-2-4-6-15/h2-14H,1H3. The van der Waals surface area contributed by atoms with Crippen molar-refractivity contribution in [1.29, 1.82) is 0 Å². The SMILES string of the molecule is CC(Oc1ccc(Cl)cc1Cl)C(=O)Oc1ccc(C(=O)c2ccccc2)cc1. The molecule has 0 bridgehead atoms. The van der Waals surface area contributed by atoms with Crippen LogP contribution in [-0.4, -0.2) is 17.9 Å². The van der Waals surface area contributed by atoms with Crippen molar-refractivity contribution in [3.8, 4) is 11.5 Å². The van der Waals surface area contributed by atoms with Gasteiger partial charge in [0.2, 0.25) is 0 Å². The molecule has 0 radical (unpaired) electrons. The first-order valence-corrected chi connectivity index (χ1v) is 9.23. The van der Waals surface area contributed by atoms with Gasteiger partial charge >= 0.3 is 5.97 Å². The van der Waals surface area contributed by atoms with E-state index in [1.165, 1.54) is 6.07 Å². The highest BCUT2D eigenvalue weighted by Crippen LogP contribution is 2.28. The number of ketones is 1. The van der Waals surface area contributed by atoms with Crippen molar-refractivity contribution in [2.75, 3.05) is 0 Å². The van der Waals surface area contributed by atoms with E-state index in [0.717, 1.165) is 0 Å². The molecule has 0 saturated carbocycles. The van der Waals surface area contributed by atoms with Gasteiger partial charge in [-0.15, -0.1) is 0 Å². The number of hydrogen-bond acceptors (Lipinski definition) is 4. The molecule has 0 aliphatic heterocycles. The summed E-state index contributed by atoms with van der Waals surface area (Å²) in [6, 6.07) is 20.0. The molecule has 142 valence electrons. The van der Waals surface area contributed by atoms with Crippen LogP contribution in [0.15, 0.2) is 72.8 Å². The van der Waals surface area contributed by atoms with E-state index in [1.807, 2.05) is 6.07 Å². The van der Waals surface area contributed by atoms with Crippen molar-refractivity contribution >= 4 is 35.0 Å². The molecule has 3 rings (SSSR count). The quantitative estimate of drug-likeness (QED) is 0.299. The lowest BCUT2D eigenvalue weighted by atomic mass is 10.0. The molecule has 0 N–H and O–H groups in total. The Labute approximate surface area is 172 Å². The molecule has 0 heterocycles. The maximum Gasteiger partial charge on any atom is 0.352 e. The summed E-state index contributed by atoms with van der Waals surface area (Å²) in [6.07, 6.45) is -0.885. The monoisotopic (exact) mass is 414 g/mol. The second-order valence-corrected chi connectivity index (χ2v) is 6.82. The van der Waals surface area contributed by atoms with E-state index < -0.39 is 12.1 Å². The van der Waals surface area contributed by atoms with Crippen molar-refractivity contribution in [3.63, 3.8) is 0 Å². The second kappa shape index (κ2) is 8.91. The van der Waals surface area contributed by atoms with Gasteiger partial charge in [0.1, 0.15) is 11.5 Å². The molecule has 0 aliphatic rings. The van der Waals surface area contributed by atoms with Gasteiger partial charge in [-0.05, 0) is 49.4 Å². The van der Waals surface area contributed by atoms with Crippen LogP contribution in [0.5, 0.6) is 11.5 Å².